The number of benzene rings is 1. The number of nitrogens with zero attached hydrogens (tertiary/aromatic N) is 2. The van der Waals surface area contributed by atoms with E-state index in [9.17, 15) is 4.79 Å². The summed E-state index contributed by atoms with van der Waals surface area (Å²) >= 11 is 0. The van der Waals surface area contributed by atoms with E-state index in [1.165, 1.54) is 16.2 Å². The first-order valence-electron chi connectivity index (χ1n) is 6.41. The SMILES string of the molecule is CCc1ccc(Cn2cccc(/C(N)=N/O)c2=O)cc1. The second-order valence-corrected chi connectivity index (χ2v) is 4.51. The molecule has 0 saturated heterocycles. The molecular formula is C15H17N3O2. The van der Waals surface area contributed by atoms with E-state index < -0.39 is 0 Å². The fraction of sp³-hybridized carbons (Fsp3) is 0.200. The highest BCUT2D eigenvalue weighted by atomic mass is 16.4. The van der Waals surface area contributed by atoms with Crippen LogP contribution in [0.15, 0.2) is 52.5 Å². The van der Waals surface area contributed by atoms with Crippen LogP contribution in [0.5, 0.6) is 0 Å². The highest BCUT2D eigenvalue weighted by Crippen LogP contribution is 2.06. The minimum absolute atomic E-state index is 0.175. The number of hydrogen-bond acceptors (Lipinski definition) is 3. The van der Waals surface area contributed by atoms with Crippen molar-refractivity contribution in [2.75, 3.05) is 0 Å². The van der Waals surface area contributed by atoms with Gasteiger partial charge in [-0.15, -0.1) is 0 Å². The fourth-order valence-corrected chi connectivity index (χ4v) is 1.99. The van der Waals surface area contributed by atoms with Crippen LogP contribution in [-0.2, 0) is 13.0 Å². The average molecular weight is 271 g/mol. The van der Waals surface area contributed by atoms with Crippen LogP contribution < -0.4 is 11.3 Å². The quantitative estimate of drug-likeness (QED) is 0.383. The number of oxime groups is 1. The van der Waals surface area contributed by atoms with Crippen molar-refractivity contribution in [3.05, 3.63) is 69.6 Å². The maximum Gasteiger partial charge on any atom is 0.261 e. The van der Waals surface area contributed by atoms with Gasteiger partial charge in [-0.2, -0.15) is 0 Å². The molecule has 0 radical (unpaired) electrons. The van der Waals surface area contributed by atoms with E-state index in [1.807, 2.05) is 24.3 Å². The molecule has 0 aliphatic carbocycles. The lowest BCUT2D eigenvalue weighted by Gasteiger charge is -2.08. The van der Waals surface area contributed by atoms with Crippen molar-refractivity contribution in [3.63, 3.8) is 0 Å². The molecule has 104 valence electrons. The van der Waals surface area contributed by atoms with Crippen LogP contribution in [0.4, 0.5) is 0 Å². The van der Waals surface area contributed by atoms with Gasteiger partial charge in [0.1, 0.15) is 0 Å². The second kappa shape index (κ2) is 6.06. The number of aromatic nitrogens is 1. The van der Waals surface area contributed by atoms with Crippen molar-refractivity contribution in [1.82, 2.24) is 4.57 Å². The largest absolute Gasteiger partial charge is 0.409 e. The molecule has 1 aromatic heterocycles. The lowest BCUT2D eigenvalue weighted by atomic mass is 10.1. The molecule has 0 amide bonds. The van der Waals surface area contributed by atoms with Gasteiger partial charge < -0.3 is 15.5 Å². The predicted molar refractivity (Wildman–Crippen MR) is 78.1 cm³/mol. The topological polar surface area (TPSA) is 80.6 Å². The third-order valence-corrected chi connectivity index (χ3v) is 3.19. The van der Waals surface area contributed by atoms with Crippen LogP contribution in [0.25, 0.3) is 0 Å². The zero-order chi connectivity index (χ0) is 14.5. The lowest BCUT2D eigenvalue weighted by molar-refractivity contribution is 0.318. The molecule has 0 fully saturated rings. The van der Waals surface area contributed by atoms with E-state index in [0.29, 0.717) is 6.54 Å². The summed E-state index contributed by atoms with van der Waals surface area (Å²) in [6.07, 6.45) is 2.67. The minimum Gasteiger partial charge on any atom is -0.409 e. The number of nitrogens with two attached hydrogens (primary N) is 1. The summed E-state index contributed by atoms with van der Waals surface area (Å²) in [6, 6.07) is 11.3. The van der Waals surface area contributed by atoms with Crippen molar-refractivity contribution in [2.24, 2.45) is 10.9 Å². The Morgan fingerprint density at radius 2 is 1.90 bits per heavy atom. The molecule has 0 aliphatic rings. The van der Waals surface area contributed by atoms with Gasteiger partial charge in [0.25, 0.3) is 5.56 Å². The Labute approximate surface area is 117 Å². The standard InChI is InChI=1S/C15H17N3O2/c1-2-11-5-7-12(8-6-11)10-18-9-3-4-13(15(18)19)14(16)17-20/h3-9,20H,2,10H2,1H3,(H2,16,17). The minimum atomic E-state index is -0.276. The maximum atomic E-state index is 12.2. The Morgan fingerprint density at radius 3 is 2.50 bits per heavy atom. The molecule has 5 heteroatoms. The van der Waals surface area contributed by atoms with Gasteiger partial charge in [-0.25, -0.2) is 0 Å². The molecule has 0 spiro atoms. The zero-order valence-electron chi connectivity index (χ0n) is 11.3. The van der Waals surface area contributed by atoms with Crippen LogP contribution in [-0.4, -0.2) is 15.6 Å². The molecule has 0 atom stereocenters. The molecule has 5 nitrogen and oxygen atoms in total. The zero-order valence-corrected chi connectivity index (χ0v) is 11.3. The molecule has 3 N–H and O–H groups in total. The number of rotatable bonds is 4. The number of aryl methyl sites for hydroxylation is 1. The molecule has 0 bridgehead atoms. The van der Waals surface area contributed by atoms with Crippen molar-refractivity contribution in [1.29, 1.82) is 0 Å². The van der Waals surface area contributed by atoms with E-state index in [1.54, 1.807) is 12.3 Å². The van der Waals surface area contributed by atoms with Crippen LogP contribution in [0.2, 0.25) is 0 Å². The van der Waals surface area contributed by atoms with Crippen molar-refractivity contribution >= 4 is 5.84 Å². The van der Waals surface area contributed by atoms with Crippen LogP contribution >= 0.6 is 0 Å². The maximum absolute atomic E-state index is 12.2. The van der Waals surface area contributed by atoms with Gasteiger partial charge in [0, 0.05) is 6.20 Å². The number of amidine groups is 1. The number of hydrogen-bond donors (Lipinski definition) is 2. The Bertz CT molecular complexity index is 672. The normalized spacial score (nSPS) is 11.6. The summed E-state index contributed by atoms with van der Waals surface area (Å²) in [5.41, 5.74) is 7.69. The fourth-order valence-electron chi connectivity index (χ4n) is 1.99. The Morgan fingerprint density at radius 1 is 1.25 bits per heavy atom. The van der Waals surface area contributed by atoms with E-state index in [0.717, 1.165) is 12.0 Å². The molecule has 2 aromatic rings. The second-order valence-electron chi connectivity index (χ2n) is 4.51. The highest BCUT2D eigenvalue weighted by molar-refractivity contribution is 5.96. The van der Waals surface area contributed by atoms with Crippen molar-refractivity contribution in [2.45, 2.75) is 19.9 Å². The van der Waals surface area contributed by atoms with Gasteiger partial charge in [-0.3, -0.25) is 4.79 Å². The summed E-state index contributed by atoms with van der Waals surface area (Å²) < 4.78 is 1.54. The molecule has 2 rings (SSSR count). The van der Waals surface area contributed by atoms with Gasteiger partial charge in [-0.05, 0) is 29.7 Å². The summed E-state index contributed by atoms with van der Waals surface area (Å²) in [4.78, 5) is 12.2. The van der Waals surface area contributed by atoms with Crippen molar-refractivity contribution < 1.29 is 5.21 Å². The Hall–Kier alpha value is -2.56. The van der Waals surface area contributed by atoms with E-state index >= 15 is 0 Å². The van der Waals surface area contributed by atoms with Gasteiger partial charge in [-0.1, -0.05) is 36.3 Å². The van der Waals surface area contributed by atoms with Gasteiger partial charge >= 0.3 is 0 Å². The molecule has 0 unspecified atom stereocenters. The number of pyridine rings is 1. The lowest BCUT2D eigenvalue weighted by Crippen LogP contribution is -2.29. The molecule has 1 heterocycles. The summed E-state index contributed by atoms with van der Waals surface area (Å²) in [6.45, 7) is 2.55. The molecule has 0 aliphatic heterocycles. The van der Waals surface area contributed by atoms with Gasteiger partial charge in [0.05, 0.1) is 12.1 Å². The first-order valence-corrected chi connectivity index (χ1v) is 6.41. The van der Waals surface area contributed by atoms with E-state index in [-0.39, 0.29) is 17.0 Å². The van der Waals surface area contributed by atoms with Gasteiger partial charge in [0.15, 0.2) is 5.84 Å². The third kappa shape index (κ3) is 2.88. The van der Waals surface area contributed by atoms with Crippen molar-refractivity contribution in [3.8, 4) is 0 Å². The molecule has 0 saturated carbocycles. The molecule has 20 heavy (non-hydrogen) atoms. The summed E-state index contributed by atoms with van der Waals surface area (Å²) in [5.74, 6) is -0.175. The Kier molecular flexibility index (Phi) is 4.20. The van der Waals surface area contributed by atoms with Crippen LogP contribution in [0, 0.1) is 0 Å². The monoisotopic (exact) mass is 271 g/mol. The predicted octanol–water partition coefficient (Wildman–Crippen LogP) is 1.55. The first kappa shape index (κ1) is 13.9. The molecular weight excluding hydrogens is 254 g/mol. The van der Waals surface area contributed by atoms with Gasteiger partial charge in [0.2, 0.25) is 0 Å². The molecule has 1 aromatic carbocycles. The summed E-state index contributed by atoms with van der Waals surface area (Å²) in [5, 5.41) is 11.5. The Balaban J connectivity index is 2.31. The average Bonchev–Trinajstić information content (AvgIpc) is 2.49. The van der Waals surface area contributed by atoms with Crippen LogP contribution in [0.3, 0.4) is 0 Å². The summed E-state index contributed by atoms with van der Waals surface area (Å²) in [7, 11) is 0. The third-order valence-electron chi connectivity index (χ3n) is 3.19. The first-order chi connectivity index (χ1) is 9.65. The highest BCUT2D eigenvalue weighted by Gasteiger charge is 2.07. The van der Waals surface area contributed by atoms with E-state index in [4.69, 9.17) is 10.9 Å². The van der Waals surface area contributed by atoms with E-state index in [2.05, 4.69) is 12.1 Å². The van der Waals surface area contributed by atoms with Crippen LogP contribution in [0.1, 0.15) is 23.6 Å². The smallest absolute Gasteiger partial charge is 0.261 e.